The van der Waals surface area contributed by atoms with E-state index in [1.54, 1.807) is 13.8 Å². The van der Waals surface area contributed by atoms with Gasteiger partial charge in [-0.3, -0.25) is 0 Å². The van der Waals surface area contributed by atoms with Crippen LogP contribution in [-0.2, 0) is 0 Å². The van der Waals surface area contributed by atoms with Gasteiger partial charge in [0.15, 0.2) is 0 Å². The van der Waals surface area contributed by atoms with Gasteiger partial charge in [0, 0.05) is 5.41 Å². The third kappa shape index (κ3) is 15.9. The summed E-state index contributed by atoms with van der Waals surface area (Å²) in [5, 5.41) is 26.5. The predicted molar refractivity (Wildman–Crippen MR) is 43.4 cm³/mol. The molecule has 5 N–H and O–H groups in total. The van der Waals surface area contributed by atoms with Crippen LogP contribution in [0.4, 0.5) is 4.79 Å². The van der Waals surface area contributed by atoms with Crippen molar-refractivity contribution in [2.75, 3.05) is 6.61 Å². The summed E-state index contributed by atoms with van der Waals surface area (Å²) in [6, 6.07) is 0. The van der Waals surface area contributed by atoms with E-state index in [0.29, 0.717) is 0 Å². The van der Waals surface area contributed by atoms with Gasteiger partial charge in [0.05, 0.1) is 12.8 Å². The number of aliphatic hydroxyl groups excluding tert-OH is 1. The van der Waals surface area contributed by atoms with Crippen molar-refractivity contribution in [2.24, 2.45) is 16.3 Å². The van der Waals surface area contributed by atoms with Crippen LogP contribution in [0.2, 0.25) is 0 Å². The smallest absolute Gasteiger partial charge is 0.402 e. The molecule has 0 unspecified atom stereocenters. The van der Waals surface area contributed by atoms with Gasteiger partial charge in [-0.15, -0.1) is 5.16 Å². The van der Waals surface area contributed by atoms with Crippen molar-refractivity contribution in [2.45, 2.75) is 13.8 Å². The van der Waals surface area contributed by atoms with Crippen LogP contribution in [0.25, 0.3) is 0 Å². The maximum absolute atomic E-state index is 8.78. The quantitative estimate of drug-likeness (QED) is 0.272. The van der Waals surface area contributed by atoms with Crippen LogP contribution < -0.4 is 5.73 Å². The molecule has 6 heteroatoms. The fourth-order valence-corrected chi connectivity index (χ4v) is 0.197. The van der Waals surface area contributed by atoms with Crippen molar-refractivity contribution in [3.8, 4) is 0 Å². The van der Waals surface area contributed by atoms with Crippen LogP contribution in [0.3, 0.4) is 0 Å². The van der Waals surface area contributed by atoms with Crippen molar-refractivity contribution in [3.63, 3.8) is 0 Å². The Labute approximate surface area is 70.3 Å². The molecule has 0 spiro atoms. The van der Waals surface area contributed by atoms with Gasteiger partial charge in [0.2, 0.25) is 0 Å². The summed E-state index contributed by atoms with van der Waals surface area (Å²) in [7, 11) is 0. The Morgan fingerprint density at radius 3 is 2.08 bits per heavy atom. The molecule has 0 saturated heterocycles. The highest BCUT2D eigenvalue weighted by atomic mass is 16.4. The van der Waals surface area contributed by atoms with Crippen LogP contribution in [-0.4, -0.2) is 34.3 Å². The largest absolute Gasteiger partial charge is 0.465 e. The molecule has 0 radical (unpaired) electrons. The minimum Gasteiger partial charge on any atom is -0.465 e. The molecular weight excluding hydrogens is 164 g/mol. The Morgan fingerprint density at radius 2 is 2.00 bits per heavy atom. The zero-order valence-corrected chi connectivity index (χ0v) is 7.06. The maximum atomic E-state index is 8.78. The molecule has 0 saturated carbocycles. The first-order valence-electron chi connectivity index (χ1n) is 3.13. The second-order valence-corrected chi connectivity index (χ2v) is 2.73. The zero-order valence-electron chi connectivity index (χ0n) is 7.06. The number of carbonyl (C=O) groups is 1. The number of aliphatic hydroxyl groups is 1. The predicted octanol–water partition coefficient (Wildman–Crippen LogP) is 0.0880. The zero-order chi connectivity index (χ0) is 10.2. The second kappa shape index (κ2) is 6.41. The van der Waals surface area contributed by atoms with Gasteiger partial charge in [0.25, 0.3) is 0 Å². The molecule has 0 heterocycles. The highest BCUT2D eigenvalue weighted by Crippen LogP contribution is 2.08. The number of amides is 1. The fourth-order valence-electron chi connectivity index (χ4n) is 0.197. The van der Waals surface area contributed by atoms with E-state index >= 15 is 0 Å². The number of carboxylic acid groups (broad SMARTS) is 1. The first-order valence-corrected chi connectivity index (χ1v) is 3.13. The maximum Gasteiger partial charge on any atom is 0.402 e. The summed E-state index contributed by atoms with van der Waals surface area (Å²) in [5.41, 5.74) is 3.63. The Balaban J connectivity index is 0. The van der Waals surface area contributed by atoms with Gasteiger partial charge in [-0.1, -0.05) is 13.8 Å². The van der Waals surface area contributed by atoms with Gasteiger partial charge in [-0.05, 0) is 0 Å². The minimum absolute atomic E-state index is 0.00292. The molecule has 0 bridgehead atoms. The number of rotatable bonds is 2. The van der Waals surface area contributed by atoms with Crippen molar-refractivity contribution < 1.29 is 20.2 Å². The third-order valence-corrected chi connectivity index (χ3v) is 0.815. The summed E-state index contributed by atoms with van der Waals surface area (Å²) in [6.45, 7) is 3.54. The minimum atomic E-state index is -1.33. The molecule has 72 valence electrons. The monoisotopic (exact) mass is 178 g/mol. The number of nitrogens with zero attached hydrogens (tertiary/aromatic N) is 1. The van der Waals surface area contributed by atoms with E-state index in [9.17, 15) is 0 Å². The van der Waals surface area contributed by atoms with E-state index in [1.165, 1.54) is 6.21 Å². The SMILES string of the molecule is CC(C)(C=NO)CO.NC(=O)O. The first-order chi connectivity index (χ1) is 5.35. The normalized spacial score (nSPS) is 10.6. The molecule has 0 atom stereocenters. The Hall–Kier alpha value is -1.30. The first kappa shape index (κ1) is 13.3. The van der Waals surface area contributed by atoms with Crippen LogP contribution in [0.5, 0.6) is 0 Å². The number of hydrogen-bond donors (Lipinski definition) is 4. The highest BCUT2D eigenvalue weighted by molar-refractivity contribution is 5.63. The van der Waals surface area contributed by atoms with Gasteiger partial charge >= 0.3 is 6.09 Å². The molecule has 0 aliphatic rings. The molecule has 6 nitrogen and oxygen atoms in total. The summed E-state index contributed by atoms with van der Waals surface area (Å²) >= 11 is 0. The number of oxime groups is 1. The molecule has 0 aromatic rings. The number of nitrogens with two attached hydrogens (primary N) is 1. The highest BCUT2D eigenvalue weighted by Gasteiger charge is 2.12. The van der Waals surface area contributed by atoms with Gasteiger partial charge in [0.1, 0.15) is 0 Å². The average molecular weight is 178 g/mol. The van der Waals surface area contributed by atoms with E-state index in [4.69, 9.17) is 20.2 Å². The Bertz CT molecular complexity index is 152. The van der Waals surface area contributed by atoms with Gasteiger partial charge < -0.3 is 21.2 Å². The summed E-state index contributed by atoms with van der Waals surface area (Å²) in [6.07, 6.45) is -0.0347. The molecule has 0 aliphatic heterocycles. The average Bonchev–Trinajstić information content (AvgIpc) is 1.86. The van der Waals surface area contributed by atoms with Crippen LogP contribution >= 0.6 is 0 Å². The van der Waals surface area contributed by atoms with Gasteiger partial charge in [-0.2, -0.15) is 0 Å². The van der Waals surface area contributed by atoms with E-state index < -0.39 is 11.5 Å². The van der Waals surface area contributed by atoms with Crippen LogP contribution in [0.15, 0.2) is 5.16 Å². The molecule has 12 heavy (non-hydrogen) atoms. The van der Waals surface area contributed by atoms with Crippen LogP contribution in [0, 0.1) is 5.41 Å². The Morgan fingerprint density at radius 1 is 1.67 bits per heavy atom. The van der Waals surface area contributed by atoms with E-state index in [0.717, 1.165) is 0 Å². The summed E-state index contributed by atoms with van der Waals surface area (Å²) in [4.78, 5) is 8.78. The Kier molecular flexibility index (Phi) is 7.11. The molecular formula is C6H14N2O4. The molecule has 0 rings (SSSR count). The summed E-state index contributed by atoms with van der Waals surface area (Å²) in [5.74, 6) is 0. The molecule has 0 aliphatic carbocycles. The lowest BCUT2D eigenvalue weighted by Crippen LogP contribution is -2.17. The van der Waals surface area contributed by atoms with Crippen molar-refractivity contribution in [3.05, 3.63) is 0 Å². The lowest BCUT2D eigenvalue weighted by atomic mass is 9.97. The van der Waals surface area contributed by atoms with Crippen molar-refractivity contribution in [1.82, 2.24) is 0 Å². The van der Waals surface area contributed by atoms with E-state index in [2.05, 4.69) is 10.9 Å². The van der Waals surface area contributed by atoms with Crippen molar-refractivity contribution in [1.29, 1.82) is 0 Å². The summed E-state index contributed by atoms with van der Waals surface area (Å²) < 4.78 is 0. The lowest BCUT2D eigenvalue weighted by Gasteiger charge is -2.12. The number of primary amides is 1. The van der Waals surface area contributed by atoms with Crippen LogP contribution in [0.1, 0.15) is 13.8 Å². The van der Waals surface area contributed by atoms with E-state index in [-0.39, 0.29) is 6.61 Å². The van der Waals surface area contributed by atoms with Crippen molar-refractivity contribution >= 4 is 12.3 Å². The topological polar surface area (TPSA) is 116 Å². The van der Waals surface area contributed by atoms with E-state index in [1.807, 2.05) is 0 Å². The second-order valence-electron chi connectivity index (χ2n) is 2.73. The molecule has 0 aromatic heterocycles. The lowest BCUT2D eigenvalue weighted by molar-refractivity contribution is 0.205. The molecule has 1 amide bonds. The molecule has 0 aromatic carbocycles. The molecule has 0 fully saturated rings. The van der Waals surface area contributed by atoms with Gasteiger partial charge in [-0.25, -0.2) is 4.79 Å². The number of hydrogen-bond acceptors (Lipinski definition) is 4. The fraction of sp³-hybridized carbons (Fsp3) is 0.667. The standard InChI is InChI=1S/C5H11NO2.CH3NO2/c1-5(2,4-7)3-6-8;2-1(3)4/h3,7-8H,4H2,1-2H3;2H2,(H,3,4). The third-order valence-electron chi connectivity index (χ3n) is 0.815.